The standard InChI is InChI=1S/C50H60N4O12S4/c1-33-11-19-37(20-12-33)67(57,58)51-27-41-42-28-52(68(59,60)38-21-13-34(2)14-22-38)30-44(42)46(32-54(48(56)66-50(8,9)10)70(63,64)40-25-17-36(4)18-26-40)45(43(41)29-51)31-53(47(55)65-49(5,6)7)69(61,62)39-23-15-35(3)16-24-39/h11-26,41-42H,27-32H2,1-10H3/t41-,42-/m1/s1. The molecule has 4 aromatic carbocycles. The lowest BCUT2D eigenvalue weighted by Gasteiger charge is -2.36. The molecule has 20 heteroatoms. The molecule has 16 nitrogen and oxygen atoms in total. The lowest BCUT2D eigenvalue weighted by molar-refractivity contribution is 0.0381. The van der Waals surface area contributed by atoms with E-state index in [1.807, 2.05) is 13.8 Å². The first-order valence-corrected chi connectivity index (χ1v) is 28.4. The molecule has 0 N–H and O–H groups in total. The molecule has 2 aliphatic heterocycles. The van der Waals surface area contributed by atoms with Crippen molar-refractivity contribution in [1.82, 2.24) is 17.2 Å². The third kappa shape index (κ3) is 10.8. The second-order valence-corrected chi connectivity index (χ2v) is 27.7. The van der Waals surface area contributed by atoms with E-state index in [0.29, 0.717) is 19.8 Å². The molecule has 2 saturated heterocycles. The van der Waals surface area contributed by atoms with Crippen LogP contribution in [0.25, 0.3) is 0 Å². The normalized spacial score (nSPS) is 18.4. The number of ether oxygens (including phenoxy) is 2. The van der Waals surface area contributed by atoms with Crippen LogP contribution in [0.3, 0.4) is 0 Å². The number of amides is 2. The van der Waals surface area contributed by atoms with Crippen LogP contribution in [0.1, 0.15) is 63.8 Å². The van der Waals surface area contributed by atoms with Gasteiger partial charge >= 0.3 is 12.2 Å². The molecule has 2 heterocycles. The van der Waals surface area contributed by atoms with E-state index in [1.54, 1.807) is 104 Å². The highest BCUT2D eigenvalue weighted by Crippen LogP contribution is 2.49. The maximum Gasteiger partial charge on any atom is 0.424 e. The minimum Gasteiger partial charge on any atom is -0.443 e. The fourth-order valence-electron chi connectivity index (χ4n) is 8.73. The van der Waals surface area contributed by atoms with Gasteiger partial charge in [0, 0.05) is 38.0 Å². The van der Waals surface area contributed by atoms with Crippen LogP contribution in [0.15, 0.2) is 139 Å². The highest BCUT2D eigenvalue weighted by molar-refractivity contribution is 7.90. The molecule has 2 atom stereocenters. The average molecular weight is 1040 g/mol. The lowest BCUT2D eigenvalue weighted by atomic mass is 9.74. The van der Waals surface area contributed by atoms with Crippen molar-refractivity contribution >= 4 is 52.3 Å². The van der Waals surface area contributed by atoms with Crippen molar-refractivity contribution in [3.63, 3.8) is 0 Å². The molecule has 0 saturated carbocycles. The van der Waals surface area contributed by atoms with Gasteiger partial charge < -0.3 is 9.47 Å². The van der Waals surface area contributed by atoms with E-state index in [0.717, 1.165) is 22.3 Å². The molecule has 4 aromatic rings. The third-order valence-corrected chi connectivity index (χ3v) is 19.5. The monoisotopic (exact) mass is 1040 g/mol. The zero-order valence-electron chi connectivity index (χ0n) is 41.0. The van der Waals surface area contributed by atoms with Gasteiger partial charge in [0.25, 0.3) is 20.0 Å². The largest absolute Gasteiger partial charge is 0.443 e. The number of sulfonamides is 4. The summed E-state index contributed by atoms with van der Waals surface area (Å²) in [4.78, 5) is 28.4. The van der Waals surface area contributed by atoms with Gasteiger partial charge in [-0.05, 0) is 140 Å². The van der Waals surface area contributed by atoms with Crippen molar-refractivity contribution in [1.29, 1.82) is 0 Å². The van der Waals surface area contributed by atoms with Gasteiger partial charge in [-0.15, -0.1) is 0 Å². The zero-order chi connectivity index (χ0) is 51.5. The fourth-order valence-corrected chi connectivity index (χ4v) is 14.2. The molecule has 0 bridgehead atoms. The van der Waals surface area contributed by atoms with Gasteiger partial charge in [0.05, 0.1) is 32.7 Å². The van der Waals surface area contributed by atoms with Gasteiger partial charge in [-0.3, -0.25) is 0 Å². The molecule has 0 radical (unpaired) electrons. The van der Waals surface area contributed by atoms with Gasteiger partial charge in [-0.1, -0.05) is 70.8 Å². The summed E-state index contributed by atoms with van der Waals surface area (Å²) < 4.78 is 133. The number of hydrogen-bond acceptors (Lipinski definition) is 12. The first-order valence-electron chi connectivity index (χ1n) is 22.6. The molecule has 376 valence electrons. The number of carbonyl (C=O) groups excluding carboxylic acids is 2. The van der Waals surface area contributed by atoms with Crippen molar-refractivity contribution in [3.05, 3.63) is 142 Å². The van der Waals surface area contributed by atoms with Gasteiger partial charge in [-0.25, -0.2) is 43.3 Å². The van der Waals surface area contributed by atoms with Crippen LogP contribution in [0.4, 0.5) is 9.59 Å². The van der Waals surface area contributed by atoms with Gasteiger partial charge in [-0.2, -0.15) is 17.2 Å². The van der Waals surface area contributed by atoms with Crippen molar-refractivity contribution in [2.24, 2.45) is 11.8 Å². The number of hydrogen-bond donors (Lipinski definition) is 0. The molecule has 2 amide bonds. The maximum atomic E-state index is 14.9. The Bertz CT molecular complexity index is 2990. The van der Waals surface area contributed by atoms with Crippen LogP contribution < -0.4 is 0 Å². The number of fused-ring (bicyclic) bond motifs is 3. The van der Waals surface area contributed by atoms with Crippen molar-refractivity contribution in [2.75, 3.05) is 39.3 Å². The Hall–Kier alpha value is -5.38. The number of carbonyl (C=O) groups is 2. The Kier molecular flexibility index (Phi) is 14.2. The summed E-state index contributed by atoms with van der Waals surface area (Å²) in [6, 6.07) is 24.0. The number of nitrogens with zero attached hydrogens (tertiary/aromatic N) is 4. The van der Waals surface area contributed by atoms with Crippen molar-refractivity contribution < 1.29 is 52.7 Å². The van der Waals surface area contributed by atoms with Crippen LogP contribution in [0.5, 0.6) is 0 Å². The Morgan fingerprint density at radius 3 is 0.986 bits per heavy atom. The number of rotatable bonds is 12. The molecule has 7 rings (SSSR count). The van der Waals surface area contributed by atoms with E-state index in [-0.39, 0.29) is 56.9 Å². The van der Waals surface area contributed by atoms with E-state index in [2.05, 4.69) is 0 Å². The minimum atomic E-state index is -4.83. The molecule has 1 aliphatic carbocycles. The Morgan fingerprint density at radius 1 is 0.471 bits per heavy atom. The molecular weight excluding hydrogens is 977 g/mol. The van der Waals surface area contributed by atoms with E-state index in [4.69, 9.17) is 9.47 Å². The SMILES string of the molecule is Cc1ccc(S(=O)(=O)N2CC3=C(CN(C(=O)OC(C)(C)C)S(=O)(=O)c4ccc(C)cc4)C(CN(C(=O)OC(C)(C)C)S(=O)(=O)c4ccc(C)cc4)=C4CN(S(=O)(=O)c5ccc(C)cc5)C[C@@H]4[C@H]3C2)cc1. The van der Waals surface area contributed by atoms with E-state index in [9.17, 15) is 43.3 Å². The summed E-state index contributed by atoms with van der Waals surface area (Å²) in [6.45, 7) is 13.7. The molecule has 3 aliphatic rings. The summed E-state index contributed by atoms with van der Waals surface area (Å²) in [6.07, 6.45) is -2.59. The van der Waals surface area contributed by atoms with Crippen molar-refractivity contribution in [2.45, 2.75) is 100 Å². The Balaban J connectivity index is 1.51. The number of benzene rings is 4. The number of aryl methyl sites for hydroxylation is 4. The Morgan fingerprint density at radius 2 is 0.729 bits per heavy atom. The predicted octanol–water partition coefficient (Wildman–Crippen LogP) is 7.72. The average Bonchev–Trinajstić information content (AvgIpc) is 3.91. The van der Waals surface area contributed by atoms with Crippen molar-refractivity contribution in [3.8, 4) is 0 Å². The van der Waals surface area contributed by atoms with Crippen LogP contribution in [0.2, 0.25) is 0 Å². The lowest BCUT2D eigenvalue weighted by Crippen LogP contribution is -2.45. The first kappa shape index (κ1) is 52.4. The highest BCUT2D eigenvalue weighted by Gasteiger charge is 2.52. The van der Waals surface area contributed by atoms with Crippen LogP contribution in [-0.4, -0.2) is 114 Å². The molecule has 2 fully saturated rings. The van der Waals surface area contributed by atoms with E-state index in [1.165, 1.54) is 57.1 Å². The summed E-state index contributed by atoms with van der Waals surface area (Å²) in [5, 5.41) is 0. The summed E-state index contributed by atoms with van der Waals surface area (Å²) >= 11 is 0. The summed E-state index contributed by atoms with van der Waals surface area (Å²) in [7, 11) is -18.2. The molecule has 0 aromatic heterocycles. The van der Waals surface area contributed by atoms with E-state index < -0.39 is 88.4 Å². The van der Waals surface area contributed by atoms with E-state index >= 15 is 0 Å². The van der Waals surface area contributed by atoms with Gasteiger partial charge in [0.2, 0.25) is 20.0 Å². The molecule has 70 heavy (non-hydrogen) atoms. The summed E-state index contributed by atoms with van der Waals surface area (Å²) in [5.41, 5.74) is 1.26. The maximum absolute atomic E-state index is 14.9. The highest BCUT2D eigenvalue weighted by atomic mass is 32.2. The van der Waals surface area contributed by atoms with Gasteiger partial charge in [0.1, 0.15) is 11.2 Å². The smallest absolute Gasteiger partial charge is 0.424 e. The molecule has 0 spiro atoms. The minimum absolute atomic E-state index is 0.0154. The Labute approximate surface area is 412 Å². The first-order chi connectivity index (χ1) is 32.4. The quantitative estimate of drug-likeness (QED) is 0.134. The second-order valence-electron chi connectivity index (χ2n) is 20.1. The molecular formula is C50H60N4O12S4. The second kappa shape index (κ2) is 19.0. The van der Waals surface area contributed by atoms with Gasteiger partial charge in [0.15, 0.2) is 0 Å². The third-order valence-electron chi connectivity index (χ3n) is 12.3. The summed E-state index contributed by atoms with van der Waals surface area (Å²) in [5.74, 6) is -1.64. The van der Waals surface area contributed by atoms with Crippen LogP contribution in [-0.2, 0) is 49.6 Å². The zero-order valence-corrected chi connectivity index (χ0v) is 44.2. The topological polar surface area (TPSA) is 202 Å². The fraction of sp³-hybridized carbons (Fsp3) is 0.400. The predicted molar refractivity (Wildman–Crippen MR) is 264 cm³/mol. The van der Waals surface area contributed by atoms with Crippen LogP contribution in [0, 0.1) is 39.5 Å². The molecule has 0 unspecified atom stereocenters. The van der Waals surface area contributed by atoms with Crippen LogP contribution >= 0.6 is 0 Å².